The standard InChI is InChI=1S/C30H25N3O4S/c1-16-12-27(31)33-17(2)25(16)15-32-30(34)19-9-11-22-24(14-19)29-23-13-18(8-10-21(23)28(22)37-29)20-6-4-5-7-26(20)38(3,35)36/h5-14,28-29H,15H2,1-3H3,(H2-,31,32,33,34)/p+1. The van der Waals surface area contributed by atoms with E-state index in [1.807, 2.05) is 50.2 Å². The van der Waals surface area contributed by atoms with Gasteiger partial charge in [-0.2, -0.15) is 0 Å². The summed E-state index contributed by atoms with van der Waals surface area (Å²) in [6.45, 7) is 4.19. The van der Waals surface area contributed by atoms with Crippen molar-refractivity contribution in [3.05, 3.63) is 122 Å². The highest BCUT2D eigenvalue weighted by Crippen LogP contribution is 2.54. The third kappa shape index (κ3) is 3.94. The number of nitrogens with one attached hydrogen (secondary N) is 1. The van der Waals surface area contributed by atoms with Gasteiger partial charge in [-0.1, -0.05) is 12.1 Å². The van der Waals surface area contributed by atoms with E-state index in [0.29, 0.717) is 23.5 Å². The van der Waals surface area contributed by atoms with E-state index in [9.17, 15) is 13.2 Å². The van der Waals surface area contributed by atoms with Crippen LogP contribution in [-0.4, -0.2) is 25.6 Å². The smallest absolute Gasteiger partial charge is 0.251 e. The van der Waals surface area contributed by atoms with Crippen LogP contribution < -0.4 is 11.1 Å². The maximum atomic E-state index is 13.1. The molecule has 38 heavy (non-hydrogen) atoms. The van der Waals surface area contributed by atoms with Crippen LogP contribution in [0.4, 0.5) is 5.82 Å². The molecule has 3 aromatic rings. The lowest BCUT2D eigenvalue weighted by Crippen LogP contribution is -2.24. The van der Waals surface area contributed by atoms with Crippen molar-refractivity contribution in [3.63, 3.8) is 0 Å². The van der Waals surface area contributed by atoms with Crippen molar-refractivity contribution < 1.29 is 17.9 Å². The molecule has 8 heteroatoms. The summed E-state index contributed by atoms with van der Waals surface area (Å²) in [6, 6.07) is 13.4. The maximum absolute atomic E-state index is 13.1. The van der Waals surface area contributed by atoms with Crippen LogP contribution in [0.3, 0.4) is 0 Å². The van der Waals surface area contributed by atoms with E-state index in [-0.39, 0.29) is 23.0 Å². The molecule has 2 atom stereocenters. The molecule has 2 unspecified atom stereocenters. The SMILES string of the molecule is Cc1cc(N)nc(C)c1CNC(=O)c1ccc2c(c1)C1OC2c2ccc(C3=C(S(C)(=O)=O)C=C[C+]=C3)cc21. The minimum Gasteiger partial charge on any atom is -0.384 e. The van der Waals surface area contributed by atoms with Crippen LogP contribution in [0.1, 0.15) is 67.2 Å². The largest absolute Gasteiger partial charge is 0.384 e. The van der Waals surface area contributed by atoms with Gasteiger partial charge in [0.1, 0.15) is 35.8 Å². The first-order valence-electron chi connectivity index (χ1n) is 12.3. The van der Waals surface area contributed by atoms with Gasteiger partial charge in [0, 0.05) is 35.7 Å². The number of rotatable bonds is 5. The number of nitrogens with zero attached hydrogens (tertiary/aromatic N) is 1. The van der Waals surface area contributed by atoms with Gasteiger partial charge in [0.25, 0.3) is 5.91 Å². The summed E-state index contributed by atoms with van der Waals surface area (Å²) in [5.74, 6) is 0.280. The van der Waals surface area contributed by atoms with Gasteiger partial charge in [-0.25, -0.2) is 13.4 Å². The van der Waals surface area contributed by atoms with E-state index in [0.717, 1.165) is 44.6 Å². The quantitative estimate of drug-likeness (QED) is 0.478. The lowest BCUT2D eigenvalue weighted by atomic mass is 9.83. The number of carbonyl (C=O) groups excluding carboxylic acids is 1. The normalized spacial score (nSPS) is 18.8. The second-order valence-electron chi connectivity index (χ2n) is 9.89. The number of pyridine rings is 1. The number of amides is 1. The van der Waals surface area contributed by atoms with E-state index in [4.69, 9.17) is 10.5 Å². The molecule has 3 heterocycles. The van der Waals surface area contributed by atoms with Gasteiger partial charge in [-0.3, -0.25) is 4.79 Å². The Morgan fingerprint density at radius 2 is 1.76 bits per heavy atom. The number of hydrogen-bond acceptors (Lipinski definition) is 6. The van der Waals surface area contributed by atoms with Crippen molar-refractivity contribution in [1.82, 2.24) is 10.3 Å². The Morgan fingerprint density at radius 1 is 1.05 bits per heavy atom. The molecule has 1 aromatic heterocycles. The van der Waals surface area contributed by atoms with Crippen molar-refractivity contribution in [1.29, 1.82) is 0 Å². The molecular weight excluding hydrogens is 498 g/mol. The molecule has 0 saturated carbocycles. The van der Waals surface area contributed by atoms with Crippen LogP contribution in [-0.2, 0) is 21.1 Å². The molecule has 6 rings (SSSR count). The molecule has 1 aliphatic carbocycles. The molecule has 2 bridgehead atoms. The third-order valence-electron chi connectivity index (χ3n) is 7.37. The Morgan fingerprint density at radius 3 is 2.50 bits per heavy atom. The predicted octanol–water partition coefficient (Wildman–Crippen LogP) is 4.42. The summed E-state index contributed by atoms with van der Waals surface area (Å²) in [4.78, 5) is 17.6. The molecule has 3 aliphatic rings. The highest BCUT2D eigenvalue weighted by atomic mass is 32.2. The first-order chi connectivity index (χ1) is 18.1. The molecular formula is C30H26N3O4S+. The summed E-state index contributed by atoms with van der Waals surface area (Å²) in [6.07, 6.45) is 8.54. The van der Waals surface area contributed by atoms with Crippen molar-refractivity contribution in [2.45, 2.75) is 32.6 Å². The van der Waals surface area contributed by atoms with E-state index >= 15 is 0 Å². The molecule has 0 fully saturated rings. The Balaban J connectivity index is 1.29. The molecule has 3 N–H and O–H groups in total. The molecule has 2 aliphatic heterocycles. The number of benzene rings is 2. The van der Waals surface area contributed by atoms with Gasteiger partial charge in [-0.05, 0) is 77.6 Å². The Bertz CT molecular complexity index is 1710. The van der Waals surface area contributed by atoms with Crippen LogP contribution in [0.15, 0.2) is 65.6 Å². The molecule has 1 amide bonds. The summed E-state index contributed by atoms with van der Waals surface area (Å²) < 4.78 is 31.1. The van der Waals surface area contributed by atoms with Gasteiger partial charge in [0.2, 0.25) is 9.84 Å². The van der Waals surface area contributed by atoms with E-state index < -0.39 is 9.84 Å². The van der Waals surface area contributed by atoms with E-state index in [1.165, 1.54) is 6.26 Å². The fourth-order valence-electron chi connectivity index (χ4n) is 5.55. The highest BCUT2D eigenvalue weighted by Gasteiger charge is 2.43. The summed E-state index contributed by atoms with van der Waals surface area (Å²) in [7, 11) is -3.41. The van der Waals surface area contributed by atoms with Crippen molar-refractivity contribution in [2.24, 2.45) is 0 Å². The van der Waals surface area contributed by atoms with Crippen LogP contribution in [0.2, 0.25) is 0 Å². The number of aromatic nitrogens is 1. The maximum Gasteiger partial charge on any atom is 0.251 e. The molecule has 2 aromatic carbocycles. The van der Waals surface area contributed by atoms with Gasteiger partial charge in [-0.15, -0.1) is 0 Å². The first kappa shape index (κ1) is 24.2. The fourth-order valence-corrected chi connectivity index (χ4v) is 6.44. The van der Waals surface area contributed by atoms with E-state index in [1.54, 1.807) is 24.3 Å². The number of carbonyl (C=O) groups is 1. The molecule has 0 saturated heterocycles. The minimum atomic E-state index is -3.41. The van der Waals surface area contributed by atoms with Gasteiger partial charge in [0.05, 0.1) is 6.08 Å². The lowest BCUT2D eigenvalue weighted by molar-refractivity contribution is 0.0857. The van der Waals surface area contributed by atoms with Gasteiger partial charge < -0.3 is 15.8 Å². The first-order valence-corrected chi connectivity index (χ1v) is 14.2. The number of sulfone groups is 1. The second-order valence-corrected chi connectivity index (χ2v) is 11.9. The average molecular weight is 525 g/mol. The van der Waals surface area contributed by atoms with Crippen LogP contribution in [0.25, 0.3) is 5.57 Å². The number of aryl methyl sites for hydroxylation is 2. The van der Waals surface area contributed by atoms with Crippen molar-refractivity contribution in [2.75, 3.05) is 12.0 Å². The van der Waals surface area contributed by atoms with Crippen LogP contribution >= 0.6 is 0 Å². The number of allylic oxidation sites excluding steroid dienone is 5. The fraction of sp³-hybridized carbons (Fsp3) is 0.200. The molecule has 7 nitrogen and oxygen atoms in total. The number of anilines is 1. The molecule has 0 spiro atoms. The lowest BCUT2D eigenvalue weighted by Gasteiger charge is -2.18. The highest BCUT2D eigenvalue weighted by molar-refractivity contribution is 7.95. The van der Waals surface area contributed by atoms with Crippen molar-refractivity contribution in [3.8, 4) is 0 Å². The minimum absolute atomic E-state index is 0.183. The average Bonchev–Trinajstić information content (AvgIpc) is 3.44. The number of nitrogen functional groups attached to an aromatic ring is 1. The van der Waals surface area contributed by atoms with Gasteiger partial charge in [0.15, 0.2) is 4.91 Å². The zero-order chi connectivity index (χ0) is 26.8. The molecule has 0 radical (unpaired) electrons. The van der Waals surface area contributed by atoms with E-state index in [2.05, 4.69) is 16.4 Å². The van der Waals surface area contributed by atoms with Crippen LogP contribution in [0.5, 0.6) is 0 Å². The van der Waals surface area contributed by atoms with Crippen LogP contribution in [0, 0.1) is 19.9 Å². The summed E-state index contributed by atoms with van der Waals surface area (Å²) >= 11 is 0. The monoisotopic (exact) mass is 524 g/mol. The molecule has 190 valence electrons. The predicted molar refractivity (Wildman–Crippen MR) is 146 cm³/mol. The zero-order valence-corrected chi connectivity index (χ0v) is 22.0. The Hall–Kier alpha value is -4.10. The Labute approximate surface area is 221 Å². The topological polar surface area (TPSA) is 111 Å². The third-order valence-corrected chi connectivity index (χ3v) is 8.53. The number of nitrogens with two attached hydrogens (primary N) is 1. The number of fused-ring (bicyclic) bond motifs is 8. The number of ether oxygens (including phenoxy) is 1. The number of hydrogen-bond donors (Lipinski definition) is 2. The van der Waals surface area contributed by atoms with Gasteiger partial charge >= 0.3 is 0 Å². The summed E-state index contributed by atoms with van der Waals surface area (Å²) in [5.41, 5.74) is 14.5. The van der Waals surface area contributed by atoms with Crippen molar-refractivity contribution >= 4 is 27.1 Å². The summed E-state index contributed by atoms with van der Waals surface area (Å²) in [5, 5.41) is 3.00. The zero-order valence-electron chi connectivity index (χ0n) is 21.2. The second kappa shape index (κ2) is 8.74. The Kier molecular flexibility index (Phi) is 5.58.